The van der Waals surface area contributed by atoms with Crippen LogP contribution in [0.3, 0.4) is 0 Å². The summed E-state index contributed by atoms with van der Waals surface area (Å²) in [6.07, 6.45) is 0.457. The SMILES string of the molecule is CCNC(=NCc1ccc(OC)c(OC)c1)NCC1CC(=O)Nc2ccccc21.I. The van der Waals surface area contributed by atoms with Crippen molar-refractivity contribution in [2.75, 3.05) is 32.6 Å². The summed E-state index contributed by atoms with van der Waals surface area (Å²) in [7, 11) is 3.24. The van der Waals surface area contributed by atoms with Gasteiger partial charge in [-0.2, -0.15) is 0 Å². The highest BCUT2D eigenvalue weighted by Gasteiger charge is 2.24. The van der Waals surface area contributed by atoms with Gasteiger partial charge in [-0.05, 0) is 36.2 Å². The first-order valence-corrected chi connectivity index (χ1v) is 9.76. The van der Waals surface area contributed by atoms with E-state index in [1.54, 1.807) is 14.2 Å². The average molecular weight is 524 g/mol. The number of carbonyl (C=O) groups is 1. The lowest BCUT2D eigenvalue weighted by Gasteiger charge is -2.26. The van der Waals surface area contributed by atoms with Gasteiger partial charge in [0.1, 0.15) is 0 Å². The zero-order valence-electron chi connectivity index (χ0n) is 17.5. The van der Waals surface area contributed by atoms with Crippen molar-refractivity contribution >= 4 is 41.5 Å². The van der Waals surface area contributed by atoms with Crippen molar-refractivity contribution in [2.24, 2.45) is 4.99 Å². The van der Waals surface area contributed by atoms with Crippen LogP contribution in [0.5, 0.6) is 11.5 Å². The number of hydrogen-bond acceptors (Lipinski definition) is 4. The second-order valence-electron chi connectivity index (χ2n) is 6.80. The third-order valence-corrected chi connectivity index (χ3v) is 4.83. The molecule has 2 aromatic carbocycles. The van der Waals surface area contributed by atoms with E-state index in [1.165, 1.54) is 0 Å². The number of carbonyl (C=O) groups excluding carboxylic acids is 1. The number of benzene rings is 2. The molecular weight excluding hydrogens is 495 g/mol. The molecule has 1 aliphatic rings. The van der Waals surface area contributed by atoms with Gasteiger partial charge in [0.2, 0.25) is 5.91 Å². The van der Waals surface area contributed by atoms with Crippen molar-refractivity contribution in [3.63, 3.8) is 0 Å². The molecule has 1 heterocycles. The molecule has 1 unspecified atom stereocenters. The Bertz CT molecular complexity index is 888. The molecular formula is C22H29IN4O3. The number of para-hydroxylation sites is 1. The number of ether oxygens (including phenoxy) is 2. The van der Waals surface area contributed by atoms with E-state index in [1.807, 2.05) is 43.3 Å². The molecule has 30 heavy (non-hydrogen) atoms. The van der Waals surface area contributed by atoms with E-state index in [0.717, 1.165) is 23.4 Å². The molecule has 0 aromatic heterocycles. The number of guanidine groups is 1. The minimum atomic E-state index is 0. The van der Waals surface area contributed by atoms with E-state index in [0.29, 0.717) is 37.0 Å². The monoisotopic (exact) mass is 524 g/mol. The summed E-state index contributed by atoms with van der Waals surface area (Å²) in [6, 6.07) is 13.7. The second kappa shape index (κ2) is 11.6. The van der Waals surface area contributed by atoms with Crippen LogP contribution < -0.4 is 25.4 Å². The molecule has 0 spiro atoms. The van der Waals surface area contributed by atoms with Gasteiger partial charge in [-0.15, -0.1) is 24.0 Å². The number of anilines is 1. The molecule has 162 valence electrons. The molecule has 1 amide bonds. The summed E-state index contributed by atoms with van der Waals surface area (Å²) < 4.78 is 10.6. The largest absolute Gasteiger partial charge is 0.493 e. The maximum atomic E-state index is 12.0. The van der Waals surface area contributed by atoms with Crippen LogP contribution in [0.25, 0.3) is 0 Å². The van der Waals surface area contributed by atoms with Gasteiger partial charge in [-0.3, -0.25) is 4.79 Å². The smallest absolute Gasteiger partial charge is 0.225 e. The fraction of sp³-hybridized carbons (Fsp3) is 0.364. The normalized spacial score (nSPS) is 15.4. The van der Waals surface area contributed by atoms with Gasteiger partial charge in [0.25, 0.3) is 0 Å². The first-order valence-electron chi connectivity index (χ1n) is 9.76. The van der Waals surface area contributed by atoms with E-state index < -0.39 is 0 Å². The molecule has 7 nitrogen and oxygen atoms in total. The Hall–Kier alpha value is -2.49. The lowest BCUT2D eigenvalue weighted by molar-refractivity contribution is -0.116. The lowest BCUT2D eigenvalue weighted by atomic mass is 9.90. The van der Waals surface area contributed by atoms with Gasteiger partial charge in [0, 0.05) is 31.1 Å². The summed E-state index contributed by atoms with van der Waals surface area (Å²) >= 11 is 0. The number of methoxy groups -OCH3 is 2. The predicted octanol–water partition coefficient (Wildman–Crippen LogP) is 3.50. The molecule has 3 rings (SSSR count). The molecule has 1 atom stereocenters. The lowest BCUT2D eigenvalue weighted by Crippen LogP contribution is -2.40. The van der Waals surface area contributed by atoms with Crippen molar-refractivity contribution in [2.45, 2.75) is 25.8 Å². The Morgan fingerprint density at radius 2 is 1.90 bits per heavy atom. The number of amides is 1. The van der Waals surface area contributed by atoms with Gasteiger partial charge in [0.05, 0.1) is 20.8 Å². The van der Waals surface area contributed by atoms with Gasteiger partial charge < -0.3 is 25.4 Å². The molecule has 0 radical (unpaired) electrons. The summed E-state index contributed by atoms with van der Waals surface area (Å²) in [5.74, 6) is 2.24. The molecule has 0 saturated heterocycles. The van der Waals surface area contributed by atoms with Crippen molar-refractivity contribution in [3.05, 3.63) is 53.6 Å². The summed E-state index contributed by atoms with van der Waals surface area (Å²) in [4.78, 5) is 16.7. The number of hydrogen-bond donors (Lipinski definition) is 3. The van der Waals surface area contributed by atoms with E-state index >= 15 is 0 Å². The fourth-order valence-corrected chi connectivity index (χ4v) is 3.39. The molecule has 0 bridgehead atoms. The predicted molar refractivity (Wildman–Crippen MR) is 130 cm³/mol. The fourth-order valence-electron chi connectivity index (χ4n) is 3.39. The third kappa shape index (κ3) is 6.01. The highest BCUT2D eigenvalue weighted by molar-refractivity contribution is 14.0. The van der Waals surface area contributed by atoms with Gasteiger partial charge in [-0.1, -0.05) is 24.3 Å². The molecule has 2 aromatic rings. The molecule has 0 fully saturated rings. The van der Waals surface area contributed by atoms with Gasteiger partial charge in [0.15, 0.2) is 17.5 Å². The molecule has 8 heteroatoms. The molecule has 0 aliphatic carbocycles. The number of aliphatic imine (C=N–C) groups is 1. The van der Waals surface area contributed by atoms with E-state index in [9.17, 15) is 4.79 Å². The zero-order chi connectivity index (χ0) is 20.6. The third-order valence-electron chi connectivity index (χ3n) is 4.83. The van der Waals surface area contributed by atoms with Crippen molar-refractivity contribution in [1.82, 2.24) is 10.6 Å². The minimum absolute atomic E-state index is 0. The Labute approximate surface area is 194 Å². The van der Waals surface area contributed by atoms with E-state index in [-0.39, 0.29) is 35.8 Å². The maximum Gasteiger partial charge on any atom is 0.225 e. The number of nitrogens with zero attached hydrogens (tertiary/aromatic N) is 1. The number of fused-ring (bicyclic) bond motifs is 1. The van der Waals surface area contributed by atoms with Crippen LogP contribution >= 0.6 is 24.0 Å². The average Bonchev–Trinajstić information content (AvgIpc) is 2.75. The van der Waals surface area contributed by atoms with Gasteiger partial charge >= 0.3 is 0 Å². The maximum absolute atomic E-state index is 12.0. The highest BCUT2D eigenvalue weighted by Crippen LogP contribution is 2.31. The van der Waals surface area contributed by atoms with E-state index in [2.05, 4.69) is 27.0 Å². The standard InChI is InChI=1S/C22H28N4O3.HI/c1-4-23-22(24-13-15-9-10-19(28-2)20(11-15)29-3)25-14-16-12-21(27)26-18-8-6-5-7-17(16)18;/h5-11,16H,4,12-14H2,1-3H3,(H,26,27)(H2,23,24,25);1H. The zero-order valence-corrected chi connectivity index (χ0v) is 19.9. The van der Waals surface area contributed by atoms with Crippen LogP contribution in [0.15, 0.2) is 47.5 Å². The number of halogens is 1. The van der Waals surface area contributed by atoms with Crippen LogP contribution in [0.4, 0.5) is 5.69 Å². The van der Waals surface area contributed by atoms with Crippen LogP contribution in [0.1, 0.15) is 30.4 Å². The highest BCUT2D eigenvalue weighted by atomic mass is 127. The Morgan fingerprint density at radius 3 is 2.63 bits per heavy atom. The topological polar surface area (TPSA) is 84.0 Å². The van der Waals surface area contributed by atoms with Crippen molar-refractivity contribution < 1.29 is 14.3 Å². The summed E-state index contributed by atoms with van der Waals surface area (Å²) in [5, 5.41) is 9.57. The first kappa shape index (κ1) is 23.8. The van der Waals surface area contributed by atoms with Crippen molar-refractivity contribution in [3.8, 4) is 11.5 Å². The second-order valence-corrected chi connectivity index (χ2v) is 6.80. The van der Waals surface area contributed by atoms with Crippen LogP contribution in [-0.4, -0.2) is 39.2 Å². The van der Waals surface area contributed by atoms with Crippen LogP contribution in [-0.2, 0) is 11.3 Å². The van der Waals surface area contributed by atoms with Gasteiger partial charge in [-0.25, -0.2) is 4.99 Å². The Balaban J connectivity index is 0.00000320. The number of nitrogens with one attached hydrogen (secondary N) is 3. The number of rotatable bonds is 7. The van der Waals surface area contributed by atoms with Crippen LogP contribution in [0.2, 0.25) is 0 Å². The van der Waals surface area contributed by atoms with Crippen molar-refractivity contribution in [1.29, 1.82) is 0 Å². The summed E-state index contributed by atoms with van der Waals surface area (Å²) in [6.45, 7) is 3.90. The molecule has 0 saturated carbocycles. The Kier molecular flexibility index (Phi) is 9.22. The quantitative estimate of drug-likeness (QED) is 0.294. The minimum Gasteiger partial charge on any atom is -0.493 e. The molecule has 1 aliphatic heterocycles. The molecule has 3 N–H and O–H groups in total. The van der Waals surface area contributed by atoms with E-state index in [4.69, 9.17) is 9.47 Å². The van der Waals surface area contributed by atoms with Crippen LogP contribution in [0, 0.1) is 0 Å². The summed E-state index contributed by atoms with van der Waals surface area (Å²) in [5.41, 5.74) is 3.06. The first-order chi connectivity index (χ1) is 14.1. The Morgan fingerprint density at radius 1 is 1.13 bits per heavy atom.